The van der Waals surface area contributed by atoms with Crippen LogP contribution in [0.5, 0.6) is 11.5 Å². The molecule has 0 spiro atoms. The number of benzene rings is 2. The summed E-state index contributed by atoms with van der Waals surface area (Å²) < 4.78 is 12.7. The van der Waals surface area contributed by atoms with Gasteiger partial charge in [0.2, 0.25) is 0 Å². The van der Waals surface area contributed by atoms with Crippen LogP contribution in [0.4, 0.5) is 0 Å². The molecule has 8 heteroatoms. The minimum Gasteiger partial charge on any atom is -0.490 e. The lowest BCUT2D eigenvalue weighted by molar-refractivity contribution is 0.259. The van der Waals surface area contributed by atoms with Gasteiger partial charge in [0.25, 0.3) is 0 Å². The number of unbranched alkanes of at least 4 members (excludes halogenated alkanes) is 26. The van der Waals surface area contributed by atoms with Gasteiger partial charge in [-0.05, 0) is 12.8 Å². The Bertz CT molecular complexity index is 1300. The van der Waals surface area contributed by atoms with E-state index in [0.717, 1.165) is 25.7 Å². The van der Waals surface area contributed by atoms with E-state index in [9.17, 15) is 0 Å². The second-order valence-corrected chi connectivity index (χ2v) is 16.4. The van der Waals surface area contributed by atoms with E-state index in [2.05, 4.69) is 13.8 Å². The van der Waals surface area contributed by atoms with Gasteiger partial charge in [-0.2, -0.15) is 0 Å². The van der Waals surface area contributed by atoms with E-state index in [-0.39, 0.29) is 20.1 Å². The average molecular weight is 799 g/mol. The molecule has 0 amide bonds. The normalized spacial score (nSPS) is 11.7. The number of fused-ring (bicyclic) bond motifs is 2. The van der Waals surface area contributed by atoms with Crippen LogP contribution in [0, 0.1) is 0 Å². The van der Waals surface area contributed by atoms with Crippen molar-refractivity contribution in [2.24, 2.45) is 0 Å². The van der Waals surface area contributed by atoms with Gasteiger partial charge < -0.3 is 9.47 Å². The third-order valence-corrected chi connectivity index (χ3v) is 12.0. The van der Waals surface area contributed by atoms with Crippen LogP contribution < -0.4 is 9.47 Å². The zero-order valence-corrected chi connectivity index (χ0v) is 35.6. The molecular formula is C44H68Cl4N2O2. The highest BCUT2D eigenvalue weighted by Crippen LogP contribution is 2.43. The second-order valence-electron chi connectivity index (χ2n) is 14.9. The minimum atomic E-state index is 0.178. The third-order valence-electron chi connectivity index (χ3n) is 10.2. The molecular weight excluding hydrogens is 730 g/mol. The molecule has 0 fully saturated rings. The molecule has 1 heterocycles. The maximum atomic E-state index is 6.53. The Labute approximate surface area is 336 Å². The summed E-state index contributed by atoms with van der Waals surface area (Å²) in [5, 5.41) is 0.834. The predicted octanol–water partition coefficient (Wildman–Crippen LogP) is 17.1. The molecule has 0 saturated heterocycles. The van der Waals surface area contributed by atoms with Gasteiger partial charge in [-0.3, -0.25) is 0 Å². The Morgan fingerprint density at radius 3 is 0.885 bits per heavy atom. The Balaban J connectivity index is 1.43. The van der Waals surface area contributed by atoms with E-state index in [1.54, 1.807) is 0 Å². The van der Waals surface area contributed by atoms with E-state index in [1.807, 2.05) is 12.1 Å². The van der Waals surface area contributed by atoms with Gasteiger partial charge in [0.05, 0.1) is 44.3 Å². The summed E-state index contributed by atoms with van der Waals surface area (Å²) in [5.74, 6) is 1.37. The van der Waals surface area contributed by atoms with Gasteiger partial charge in [0.1, 0.15) is 11.0 Å². The van der Waals surface area contributed by atoms with Crippen LogP contribution in [-0.2, 0) is 0 Å². The van der Waals surface area contributed by atoms with Crippen LogP contribution in [0.1, 0.15) is 194 Å². The molecule has 0 aliphatic carbocycles. The summed E-state index contributed by atoms with van der Waals surface area (Å²) in [5.41, 5.74) is 2.12. The Hall–Kier alpha value is -1.20. The molecule has 0 bridgehead atoms. The molecule has 1 aromatic heterocycles. The maximum absolute atomic E-state index is 6.53. The fourth-order valence-corrected chi connectivity index (χ4v) is 7.87. The van der Waals surface area contributed by atoms with Crippen molar-refractivity contribution in [2.45, 2.75) is 194 Å². The summed E-state index contributed by atoms with van der Waals surface area (Å²) in [6.45, 7) is 5.83. The maximum Gasteiger partial charge on any atom is 0.163 e. The fourth-order valence-electron chi connectivity index (χ4n) is 6.95. The summed E-state index contributed by atoms with van der Waals surface area (Å²) >= 11 is 25.7. The first-order chi connectivity index (χ1) is 25.5. The van der Waals surface area contributed by atoms with E-state index in [0.29, 0.717) is 46.8 Å². The average Bonchev–Trinajstić information content (AvgIpc) is 3.15. The van der Waals surface area contributed by atoms with Crippen molar-refractivity contribution in [1.29, 1.82) is 0 Å². The van der Waals surface area contributed by atoms with Crippen molar-refractivity contribution >= 4 is 68.5 Å². The highest BCUT2D eigenvalue weighted by Gasteiger charge is 2.19. The molecule has 0 saturated carbocycles. The first-order valence-corrected chi connectivity index (χ1v) is 22.7. The van der Waals surface area contributed by atoms with Crippen molar-refractivity contribution in [3.8, 4) is 11.5 Å². The van der Waals surface area contributed by atoms with Gasteiger partial charge in [-0.15, -0.1) is 0 Å². The van der Waals surface area contributed by atoms with Crippen LogP contribution in [0.25, 0.3) is 22.1 Å². The molecule has 0 N–H and O–H groups in total. The van der Waals surface area contributed by atoms with Crippen molar-refractivity contribution < 1.29 is 9.47 Å². The van der Waals surface area contributed by atoms with E-state index in [4.69, 9.17) is 65.8 Å². The smallest absolute Gasteiger partial charge is 0.163 e. The van der Waals surface area contributed by atoms with Gasteiger partial charge in [-0.25, -0.2) is 9.97 Å². The van der Waals surface area contributed by atoms with Crippen LogP contribution in [0.3, 0.4) is 0 Å². The molecule has 294 valence electrons. The standard InChI is InChI=1S/C44H68Cl4N2O2/c1-3-5-7-9-11-13-15-17-19-21-23-25-27-29-31-51-37-33-35-36(50-44-42(48)40(46)39(45)41(47)43(44)49-35)34-38(37)52-32-30-28-26-24-22-20-18-16-14-12-10-8-6-4-2/h33-34H,3-32H2,1-2H3. The molecule has 3 rings (SSSR count). The number of halogens is 4. The van der Waals surface area contributed by atoms with Gasteiger partial charge in [0, 0.05) is 12.1 Å². The molecule has 0 atom stereocenters. The molecule has 52 heavy (non-hydrogen) atoms. The zero-order chi connectivity index (χ0) is 37.2. The van der Waals surface area contributed by atoms with Crippen molar-refractivity contribution in [3.63, 3.8) is 0 Å². The number of aromatic nitrogens is 2. The van der Waals surface area contributed by atoms with Gasteiger partial charge in [0.15, 0.2) is 11.5 Å². The predicted molar refractivity (Wildman–Crippen MR) is 229 cm³/mol. The number of ether oxygens (including phenoxy) is 2. The first kappa shape index (κ1) is 45.2. The first-order valence-electron chi connectivity index (χ1n) is 21.2. The summed E-state index contributed by atoms with van der Waals surface area (Å²) in [6.07, 6.45) is 37.2. The Morgan fingerprint density at radius 1 is 0.365 bits per heavy atom. The molecule has 4 nitrogen and oxygen atoms in total. The summed E-state index contributed by atoms with van der Waals surface area (Å²) in [7, 11) is 0. The van der Waals surface area contributed by atoms with Crippen LogP contribution >= 0.6 is 46.4 Å². The molecule has 0 aliphatic heterocycles. The van der Waals surface area contributed by atoms with Crippen molar-refractivity contribution in [2.75, 3.05) is 13.2 Å². The van der Waals surface area contributed by atoms with Gasteiger partial charge in [-0.1, -0.05) is 227 Å². The molecule has 3 aromatic rings. The van der Waals surface area contributed by atoms with E-state index in [1.165, 1.54) is 154 Å². The minimum absolute atomic E-state index is 0.178. The highest BCUT2D eigenvalue weighted by molar-refractivity contribution is 6.55. The van der Waals surface area contributed by atoms with Crippen LogP contribution in [-0.4, -0.2) is 23.2 Å². The summed E-state index contributed by atoms with van der Waals surface area (Å²) in [4.78, 5) is 9.56. The molecule has 0 aliphatic rings. The van der Waals surface area contributed by atoms with Crippen molar-refractivity contribution in [3.05, 3.63) is 32.2 Å². The molecule has 0 unspecified atom stereocenters. The molecule has 0 radical (unpaired) electrons. The Kier molecular flexibility index (Phi) is 24.5. The number of rotatable bonds is 32. The largest absolute Gasteiger partial charge is 0.490 e. The van der Waals surface area contributed by atoms with Crippen molar-refractivity contribution in [1.82, 2.24) is 9.97 Å². The summed E-state index contributed by atoms with van der Waals surface area (Å²) in [6, 6.07) is 3.80. The van der Waals surface area contributed by atoms with E-state index < -0.39 is 0 Å². The zero-order valence-electron chi connectivity index (χ0n) is 32.6. The number of hydrogen-bond acceptors (Lipinski definition) is 4. The Morgan fingerprint density at radius 2 is 0.615 bits per heavy atom. The highest BCUT2D eigenvalue weighted by atomic mass is 35.5. The number of hydrogen-bond donors (Lipinski definition) is 0. The molecule has 2 aromatic carbocycles. The SMILES string of the molecule is CCCCCCCCCCCCCCCCOc1cc2nc3c(Cl)c(Cl)c(Cl)c(Cl)c3nc2cc1OCCCCCCCCCCCCCCCC. The topological polar surface area (TPSA) is 44.2 Å². The lowest BCUT2D eigenvalue weighted by Crippen LogP contribution is -2.04. The second kappa shape index (κ2) is 28.2. The van der Waals surface area contributed by atoms with Gasteiger partial charge >= 0.3 is 0 Å². The van der Waals surface area contributed by atoms with Crippen LogP contribution in [0.2, 0.25) is 20.1 Å². The third kappa shape index (κ3) is 17.1. The lowest BCUT2D eigenvalue weighted by atomic mass is 10.0. The van der Waals surface area contributed by atoms with Crippen LogP contribution in [0.15, 0.2) is 12.1 Å². The number of nitrogens with zero attached hydrogens (tertiary/aromatic N) is 2. The quantitative estimate of drug-likeness (QED) is 0.0273. The lowest BCUT2D eigenvalue weighted by Gasteiger charge is -2.15. The monoisotopic (exact) mass is 796 g/mol. The van der Waals surface area contributed by atoms with E-state index >= 15 is 0 Å². The fraction of sp³-hybridized carbons (Fsp3) is 0.727.